The molecule has 0 aliphatic carbocycles. The van der Waals surface area contributed by atoms with E-state index in [1.165, 1.54) is 24.0 Å². The van der Waals surface area contributed by atoms with Crippen LogP contribution >= 0.6 is 0 Å². The fourth-order valence-corrected chi connectivity index (χ4v) is 3.04. The first kappa shape index (κ1) is 20.2. The molecule has 0 bridgehead atoms. The van der Waals surface area contributed by atoms with Gasteiger partial charge in [0.15, 0.2) is 0 Å². The van der Waals surface area contributed by atoms with Crippen molar-refractivity contribution in [3.8, 4) is 0 Å². The number of nitrogens with zero attached hydrogens (tertiary/aromatic N) is 1. The van der Waals surface area contributed by atoms with Gasteiger partial charge in [0.1, 0.15) is 5.60 Å². The first-order chi connectivity index (χ1) is 12.2. The minimum atomic E-state index is -0.581. The quantitative estimate of drug-likeness (QED) is 0.817. The molecule has 0 aromatic heterocycles. The molecule has 2 rings (SSSR count). The van der Waals surface area contributed by atoms with E-state index in [-0.39, 0.29) is 18.5 Å². The first-order valence-corrected chi connectivity index (χ1v) is 9.29. The van der Waals surface area contributed by atoms with Crippen LogP contribution in [0.1, 0.15) is 50.8 Å². The number of amides is 2. The van der Waals surface area contributed by atoms with Crippen LogP contribution in [-0.2, 0) is 9.53 Å². The van der Waals surface area contributed by atoms with E-state index in [1.54, 1.807) is 20.8 Å². The largest absolute Gasteiger partial charge is 0.444 e. The number of hydrogen-bond acceptors (Lipinski definition) is 4. The molecule has 1 heterocycles. The molecule has 1 saturated heterocycles. The Balaban J connectivity index is 1.87. The van der Waals surface area contributed by atoms with E-state index in [1.807, 2.05) is 0 Å². The maximum Gasteiger partial charge on any atom is 0.408 e. The smallest absolute Gasteiger partial charge is 0.408 e. The summed E-state index contributed by atoms with van der Waals surface area (Å²) in [5.41, 5.74) is 1.85. The highest BCUT2D eigenvalue weighted by Crippen LogP contribution is 2.24. The molecule has 1 aromatic rings. The van der Waals surface area contributed by atoms with Crippen molar-refractivity contribution in [2.24, 2.45) is 0 Å². The van der Waals surface area contributed by atoms with Crippen LogP contribution in [0, 0.1) is 6.92 Å². The third-order valence-corrected chi connectivity index (χ3v) is 4.33. The Labute approximate surface area is 156 Å². The molecule has 26 heavy (non-hydrogen) atoms. The van der Waals surface area contributed by atoms with Crippen molar-refractivity contribution in [3.63, 3.8) is 0 Å². The number of likely N-dealkylation sites (tertiary alicyclic amines) is 1. The first-order valence-electron chi connectivity index (χ1n) is 9.29. The summed E-state index contributed by atoms with van der Waals surface area (Å²) in [4.78, 5) is 26.2. The van der Waals surface area contributed by atoms with Crippen molar-refractivity contribution >= 4 is 12.0 Å². The van der Waals surface area contributed by atoms with E-state index >= 15 is 0 Å². The van der Waals surface area contributed by atoms with Gasteiger partial charge in [-0.25, -0.2) is 4.79 Å². The molecule has 0 spiro atoms. The van der Waals surface area contributed by atoms with Gasteiger partial charge >= 0.3 is 6.09 Å². The Morgan fingerprint density at radius 3 is 2.31 bits per heavy atom. The number of hydrogen-bond donors (Lipinski definition) is 2. The molecule has 1 aliphatic rings. The van der Waals surface area contributed by atoms with Crippen LogP contribution in [0.3, 0.4) is 0 Å². The normalized spacial score (nSPS) is 16.2. The Bertz CT molecular complexity index is 602. The average Bonchev–Trinajstić information content (AvgIpc) is 3.07. The Kier molecular flexibility index (Phi) is 7.03. The lowest BCUT2D eigenvalue weighted by Crippen LogP contribution is -2.42. The molecule has 6 heteroatoms. The van der Waals surface area contributed by atoms with E-state index in [2.05, 4.69) is 46.7 Å². The second-order valence-electron chi connectivity index (χ2n) is 7.83. The molecule has 1 unspecified atom stereocenters. The van der Waals surface area contributed by atoms with Crippen molar-refractivity contribution in [1.29, 1.82) is 0 Å². The topological polar surface area (TPSA) is 70.7 Å². The standard InChI is InChI=1S/C20H31N3O3/c1-15-7-9-16(10-8-15)17(23-11-5-6-12-23)13-21-18(24)14-22-19(25)26-20(2,3)4/h7-10,17H,5-6,11-14H2,1-4H3,(H,21,24)(H,22,25). The minimum absolute atomic E-state index is 0.0878. The van der Waals surface area contributed by atoms with E-state index in [0.29, 0.717) is 6.54 Å². The third kappa shape index (κ3) is 6.67. The van der Waals surface area contributed by atoms with Crippen molar-refractivity contribution in [3.05, 3.63) is 35.4 Å². The number of ether oxygens (including phenoxy) is 1. The number of alkyl carbamates (subject to hydrolysis) is 1. The lowest BCUT2D eigenvalue weighted by molar-refractivity contribution is -0.120. The molecule has 2 amide bonds. The van der Waals surface area contributed by atoms with Gasteiger partial charge in [-0.1, -0.05) is 29.8 Å². The number of carbonyl (C=O) groups excluding carboxylic acids is 2. The number of aryl methyl sites for hydroxylation is 1. The molecule has 1 aliphatic heterocycles. The monoisotopic (exact) mass is 361 g/mol. The molecular formula is C20H31N3O3. The molecule has 0 radical (unpaired) electrons. The van der Waals surface area contributed by atoms with Crippen LogP contribution in [-0.4, -0.2) is 48.7 Å². The maximum absolute atomic E-state index is 12.1. The summed E-state index contributed by atoms with van der Waals surface area (Å²) in [5.74, 6) is -0.216. The summed E-state index contributed by atoms with van der Waals surface area (Å²) in [7, 11) is 0. The van der Waals surface area contributed by atoms with Gasteiger partial charge < -0.3 is 15.4 Å². The zero-order chi connectivity index (χ0) is 19.2. The molecule has 6 nitrogen and oxygen atoms in total. The summed E-state index contributed by atoms with van der Waals surface area (Å²) in [5, 5.41) is 5.43. The highest BCUT2D eigenvalue weighted by atomic mass is 16.6. The SMILES string of the molecule is Cc1ccc(C(CNC(=O)CNC(=O)OC(C)(C)C)N2CCCC2)cc1. The summed E-state index contributed by atoms with van der Waals surface area (Å²) >= 11 is 0. The van der Waals surface area contributed by atoms with Gasteiger partial charge in [0.05, 0.1) is 12.6 Å². The van der Waals surface area contributed by atoms with Crippen LogP contribution in [0.4, 0.5) is 4.79 Å². The molecule has 1 aromatic carbocycles. The Morgan fingerprint density at radius 1 is 1.12 bits per heavy atom. The van der Waals surface area contributed by atoms with Crippen molar-refractivity contribution in [2.45, 2.75) is 52.2 Å². The zero-order valence-electron chi connectivity index (χ0n) is 16.3. The number of rotatable bonds is 6. The van der Waals surface area contributed by atoms with Crippen LogP contribution < -0.4 is 10.6 Å². The summed E-state index contributed by atoms with van der Waals surface area (Å²) < 4.78 is 5.14. The average molecular weight is 361 g/mol. The van der Waals surface area contributed by atoms with Crippen molar-refractivity contribution < 1.29 is 14.3 Å². The number of nitrogens with one attached hydrogen (secondary N) is 2. The van der Waals surface area contributed by atoms with Gasteiger partial charge in [-0.05, 0) is 59.2 Å². The predicted molar refractivity (Wildman–Crippen MR) is 102 cm³/mol. The lowest BCUT2D eigenvalue weighted by Gasteiger charge is -2.28. The maximum atomic E-state index is 12.1. The van der Waals surface area contributed by atoms with Gasteiger partial charge in [-0.15, -0.1) is 0 Å². The fourth-order valence-electron chi connectivity index (χ4n) is 3.04. The Morgan fingerprint density at radius 2 is 1.73 bits per heavy atom. The van der Waals surface area contributed by atoms with Crippen molar-refractivity contribution in [2.75, 3.05) is 26.2 Å². The highest BCUT2D eigenvalue weighted by Gasteiger charge is 2.24. The van der Waals surface area contributed by atoms with E-state index < -0.39 is 11.7 Å². The highest BCUT2D eigenvalue weighted by molar-refractivity contribution is 5.82. The molecule has 1 atom stereocenters. The molecule has 2 N–H and O–H groups in total. The predicted octanol–water partition coefficient (Wildman–Crippen LogP) is 2.77. The number of carbonyl (C=O) groups is 2. The van der Waals surface area contributed by atoms with Gasteiger partial charge in [0.25, 0.3) is 0 Å². The van der Waals surface area contributed by atoms with Gasteiger partial charge in [-0.2, -0.15) is 0 Å². The molecular weight excluding hydrogens is 330 g/mol. The molecule has 1 fully saturated rings. The Hall–Kier alpha value is -2.08. The number of benzene rings is 1. The van der Waals surface area contributed by atoms with Gasteiger partial charge in [0.2, 0.25) is 5.91 Å². The summed E-state index contributed by atoms with van der Waals surface area (Å²) in [6, 6.07) is 8.62. The second kappa shape index (κ2) is 9.03. The van der Waals surface area contributed by atoms with Crippen LogP contribution in [0.25, 0.3) is 0 Å². The third-order valence-electron chi connectivity index (χ3n) is 4.33. The van der Waals surface area contributed by atoms with Crippen LogP contribution in [0.15, 0.2) is 24.3 Å². The van der Waals surface area contributed by atoms with Crippen molar-refractivity contribution in [1.82, 2.24) is 15.5 Å². The molecule has 0 saturated carbocycles. The van der Waals surface area contributed by atoms with Crippen LogP contribution in [0.5, 0.6) is 0 Å². The lowest BCUT2D eigenvalue weighted by atomic mass is 10.0. The molecule has 144 valence electrons. The van der Waals surface area contributed by atoms with Gasteiger partial charge in [-0.3, -0.25) is 9.69 Å². The van der Waals surface area contributed by atoms with E-state index in [9.17, 15) is 9.59 Å². The van der Waals surface area contributed by atoms with E-state index in [0.717, 1.165) is 13.1 Å². The minimum Gasteiger partial charge on any atom is -0.444 e. The second-order valence-corrected chi connectivity index (χ2v) is 7.83. The van der Waals surface area contributed by atoms with E-state index in [4.69, 9.17) is 4.74 Å². The van der Waals surface area contributed by atoms with Gasteiger partial charge in [0, 0.05) is 6.54 Å². The zero-order valence-corrected chi connectivity index (χ0v) is 16.3. The summed E-state index contributed by atoms with van der Waals surface area (Å²) in [6.07, 6.45) is 1.80. The fraction of sp³-hybridized carbons (Fsp3) is 0.600. The van der Waals surface area contributed by atoms with Crippen LogP contribution in [0.2, 0.25) is 0 Å². The summed E-state index contributed by atoms with van der Waals surface area (Å²) in [6.45, 7) is 9.96.